The summed E-state index contributed by atoms with van der Waals surface area (Å²) < 4.78 is 92.9. The number of aliphatic hydroxyl groups is 3. The van der Waals surface area contributed by atoms with Crippen molar-refractivity contribution < 1.29 is 51.6 Å². The predicted molar refractivity (Wildman–Crippen MR) is 138 cm³/mol. The highest BCUT2D eigenvalue weighted by Gasteiger charge is 2.46. The van der Waals surface area contributed by atoms with Crippen LogP contribution in [0, 0.1) is 0 Å². The number of rotatable bonds is 7. The smallest absolute Gasteiger partial charge is 0.161 e. The van der Waals surface area contributed by atoms with Gasteiger partial charge in [0, 0.05) is 26.7 Å². The van der Waals surface area contributed by atoms with Crippen LogP contribution in [0.15, 0.2) is 54.6 Å². The van der Waals surface area contributed by atoms with E-state index in [1.807, 2.05) is 30.3 Å². The number of hydrogen-bond acceptors (Lipinski definition) is 8. The fourth-order valence-electron chi connectivity index (χ4n) is 4.97. The van der Waals surface area contributed by atoms with Crippen molar-refractivity contribution in [3.63, 3.8) is 0 Å². The Balaban J connectivity index is 1.47. The average Bonchev–Trinajstić information content (AvgIpc) is 3.49. The van der Waals surface area contributed by atoms with Crippen LogP contribution in [0.25, 0.3) is 0 Å². The van der Waals surface area contributed by atoms with Gasteiger partial charge in [-0.1, -0.05) is 36.4 Å². The molecule has 6 rings (SSSR count). The number of benzene rings is 3. The van der Waals surface area contributed by atoms with Crippen LogP contribution in [0.1, 0.15) is 42.1 Å². The van der Waals surface area contributed by atoms with Crippen LogP contribution in [0.3, 0.4) is 0 Å². The maximum Gasteiger partial charge on any atom is 0.161 e. The zero-order valence-corrected chi connectivity index (χ0v) is 20.7. The summed E-state index contributed by atoms with van der Waals surface area (Å²) in [5, 5.41) is 31.3. The van der Waals surface area contributed by atoms with Crippen molar-refractivity contribution in [2.24, 2.45) is 0 Å². The standard InChI is InChI=1S/C30H31FO8/c31-25-24(15-32)39-30(27(34)26(25)33)21-14-19(12-18-6-7-22-23(13-18)36-11-10-35-22)28-20(8-9-37-28)29(21)38-16-17-4-2-1-3-5-17/h1-7,13-14,24-27,30,32-34H,8-12,15-16H2/t24-,25-,26+,27-,30+/m1/s1/i10D2,11D2,12D2. The molecule has 3 aliphatic heterocycles. The summed E-state index contributed by atoms with van der Waals surface area (Å²) in [5.41, 5.74) is 1.32. The van der Waals surface area contributed by atoms with Gasteiger partial charge in [0.2, 0.25) is 0 Å². The molecule has 1 fully saturated rings. The summed E-state index contributed by atoms with van der Waals surface area (Å²) in [5.74, 6) is 0.0334. The molecule has 0 spiro atoms. The highest BCUT2D eigenvalue weighted by Crippen LogP contribution is 2.47. The number of ether oxygens (including phenoxy) is 5. The van der Waals surface area contributed by atoms with E-state index in [2.05, 4.69) is 0 Å². The molecule has 3 heterocycles. The average molecular weight is 545 g/mol. The van der Waals surface area contributed by atoms with E-state index in [4.69, 9.17) is 29.2 Å². The van der Waals surface area contributed by atoms with Crippen LogP contribution in [0.4, 0.5) is 4.39 Å². The normalized spacial score (nSPS) is 30.8. The first-order chi connectivity index (χ1) is 21.2. The van der Waals surface area contributed by atoms with Gasteiger partial charge in [-0.25, -0.2) is 4.39 Å². The van der Waals surface area contributed by atoms with Crippen LogP contribution in [-0.2, 0) is 24.1 Å². The second-order valence-electron chi connectivity index (χ2n) is 9.42. The van der Waals surface area contributed by atoms with E-state index in [1.165, 1.54) is 24.3 Å². The molecule has 3 aromatic carbocycles. The Labute approximate surface area is 233 Å². The number of halogens is 1. The molecule has 0 amide bonds. The van der Waals surface area contributed by atoms with Gasteiger partial charge >= 0.3 is 0 Å². The summed E-state index contributed by atoms with van der Waals surface area (Å²) in [7, 11) is 0. The molecule has 0 aliphatic carbocycles. The van der Waals surface area contributed by atoms with Gasteiger partial charge < -0.3 is 39.0 Å². The maximum absolute atomic E-state index is 14.7. The molecule has 0 bridgehead atoms. The monoisotopic (exact) mass is 544 g/mol. The highest BCUT2D eigenvalue weighted by atomic mass is 19.1. The van der Waals surface area contributed by atoms with E-state index in [-0.39, 0.29) is 59.3 Å². The van der Waals surface area contributed by atoms with Crippen molar-refractivity contribution in [2.75, 3.05) is 26.3 Å². The summed E-state index contributed by atoms with van der Waals surface area (Å²) in [4.78, 5) is 0. The molecule has 8 nitrogen and oxygen atoms in total. The van der Waals surface area contributed by atoms with Gasteiger partial charge in [0.1, 0.15) is 55.6 Å². The van der Waals surface area contributed by atoms with Crippen LogP contribution in [0.2, 0.25) is 0 Å². The largest absolute Gasteiger partial charge is 0.493 e. The molecule has 0 radical (unpaired) electrons. The SMILES string of the molecule is [2H]C([2H])(c1ccc2c(c1)OC([2H])([2H])C([2H])([2H])O2)c1cc([C@@H]2O[C@H](CO)[C@@H](F)[C@H](O)[C@H]2O)c(OCc2ccccc2)c2c1OCC2. The molecule has 0 saturated carbocycles. The Bertz CT molecular complexity index is 1570. The molecular weight excluding hydrogens is 507 g/mol. The fourth-order valence-corrected chi connectivity index (χ4v) is 4.97. The van der Waals surface area contributed by atoms with E-state index in [1.54, 1.807) is 0 Å². The first-order valence-electron chi connectivity index (χ1n) is 15.5. The lowest BCUT2D eigenvalue weighted by Crippen LogP contribution is -2.53. The van der Waals surface area contributed by atoms with Gasteiger partial charge in [-0.05, 0) is 34.9 Å². The van der Waals surface area contributed by atoms with E-state index in [9.17, 15) is 22.5 Å². The molecule has 206 valence electrons. The van der Waals surface area contributed by atoms with Crippen molar-refractivity contribution in [2.45, 2.75) is 50.0 Å². The Morgan fingerprint density at radius 1 is 0.974 bits per heavy atom. The zero-order chi connectivity index (χ0) is 32.3. The van der Waals surface area contributed by atoms with Crippen molar-refractivity contribution in [3.05, 3.63) is 82.4 Å². The Morgan fingerprint density at radius 3 is 2.56 bits per heavy atom. The quantitative estimate of drug-likeness (QED) is 0.417. The lowest BCUT2D eigenvalue weighted by molar-refractivity contribution is -0.214. The molecule has 9 heteroatoms. The van der Waals surface area contributed by atoms with Gasteiger partial charge in [0.25, 0.3) is 0 Å². The summed E-state index contributed by atoms with van der Waals surface area (Å²) in [6.45, 7) is -6.21. The first kappa shape index (κ1) is 19.7. The second-order valence-corrected chi connectivity index (χ2v) is 9.42. The van der Waals surface area contributed by atoms with Gasteiger partial charge in [0.05, 0.1) is 18.7 Å². The number of alkyl halides is 1. The first-order valence-corrected chi connectivity index (χ1v) is 12.5. The van der Waals surface area contributed by atoms with Crippen molar-refractivity contribution in [1.29, 1.82) is 0 Å². The topological polar surface area (TPSA) is 107 Å². The number of hydrogen-bond donors (Lipinski definition) is 3. The van der Waals surface area contributed by atoms with E-state index in [0.29, 0.717) is 5.56 Å². The minimum atomic E-state index is -2.87. The van der Waals surface area contributed by atoms with E-state index < -0.39 is 56.7 Å². The van der Waals surface area contributed by atoms with E-state index >= 15 is 0 Å². The summed E-state index contributed by atoms with van der Waals surface area (Å²) in [6, 6.07) is 14.3. The highest BCUT2D eigenvalue weighted by molar-refractivity contribution is 5.59. The Hall–Kier alpha value is -3.37. The third kappa shape index (κ3) is 5.03. The molecule has 3 N–H and O–H groups in total. The lowest BCUT2D eigenvalue weighted by Gasteiger charge is -2.40. The van der Waals surface area contributed by atoms with Gasteiger partial charge in [0.15, 0.2) is 17.7 Å². The summed E-state index contributed by atoms with van der Waals surface area (Å²) in [6.07, 6.45) is -10.8. The minimum absolute atomic E-state index is 0.0214. The number of fused-ring (bicyclic) bond motifs is 2. The van der Waals surface area contributed by atoms with Crippen LogP contribution >= 0.6 is 0 Å². The van der Waals surface area contributed by atoms with Crippen molar-refractivity contribution in [3.8, 4) is 23.0 Å². The maximum atomic E-state index is 14.7. The molecule has 39 heavy (non-hydrogen) atoms. The zero-order valence-electron chi connectivity index (χ0n) is 26.7. The molecule has 3 aliphatic rings. The van der Waals surface area contributed by atoms with Crippen LogP contribution in [0.5, 0.6) is 23.0 Å². The minimum Gasteiger partial charge on any atom is -0.493 e. The Morgan fingerprint density at radius 2 is 1.77 bits per heavy atom. The molecular formula is C30H31FO8. The van der Waals surface area contributed by atoms with Gasteiger partial charge in [-0.15, -0.1) is 0 Å². The van der Waals surface area contributed by atoms with Gasteiger partial charge in [-0.2, -0.15) is 0 Å². The van der Waals surface area contributed by atoms with Crippen molar-refractivity contribution >= 4 is 0 Å². The van der Waals surface area contributed by atoms with Crippen molar-refractivity contribution in [1.82, 2.24) is 0 Å². The fraction of sp³-hybridized carbons (Fsp3) is 0.400. The Kier molecular flexibility index (Phi) is 5.55. The molecule has 0 unspecified atom stereocenters. The summed E-state index contributed by atoms with van der Waals surface area (Å²) >= 11 is 0. The third-order valence-corrected chi connectivity index (χ3v) is 6.92. The van der Waals surface area contributed by atoms with Crippen LogP contribution < -0.4 is 18.9 Å². The molecule has 3 aromatic rings. The van der Waals surface area contributed by atoms with Crippen LogP contribution in [-0.4, -0.2) is 66.1 Å². The van der Waals surface area contributed by atoms with E-state index in [0.717, 1.165) is 5.56 Å². The second kappa shape index (κ2) is 11.0. The molecule has 1 saturated heterocycles. The van der Waals surface area contributed by atoms with Gasteiger partial charge in [-0.3, -0.25) is 0 Å². The third-order valence-electron chi connectivity index (χ3n) is 6.92. The number of aliphatic hydroxyl groups excluding tert-OH is 3. The molecule has 5 atom stereocenters. The molecule has 0 aromatic heterocycles. The predicted octanol–water partition coefficient (Wildman–Crippen LogP) is 3.05. The lowest BCUT2D eigenvalue weighted by atomic mass is 9.88.